The van der Waals surface area contributed by atoms with Crippen LogP contribution >= 0.6 is 0 Å². The van der Waals surface area contributed by atoms with Gasteiger partial charge in [0.2, 0.25) is 0 Å². The lowest BCUT2D eigenvalue weighted by atomic mass is 9.67. The Hall–Kier alpha value is -2.95. The van der Waals surface area contributed by atoms with E-state index in [1.807, 2.05) is 0 Å². The number of nitrogens with zero attached hydrogens (tertiary/aromatic N) is 4. The predicted octanol–water partition coefficient (Wildman–Crippen LogP) is 4.25. The summed E-state index contributed by atoms with van der Waals surface area (Å²) in [5.41, 5.74) is -2.29. The summed E-state index contributed by atoms with van der Waals surface area (Å²) in [6.45, 7) is 1.47. The van der Waals surface area contributed by atoms with Crippen molar-refractivity contribution < 1.29 is 31.8 Å². The largest absolute Gasteiger partial charge is 0.503 e. The number of methoxy groups -OCH3 is 1. The molecule has 2 saturated heterocycles. The average molecular weight is 454 g/mol. The zero-order chi connectivity index (χ0) is 23.0. The molecule has 0 radical (unpaired) electrons. The second-order valence-electron chi connectivity index (χ2n) is 8.52. The molecule has 6 rings (SSSR count). The maximum absolute atomic E-state index is 14.6. The molecule has 3 aliphatic rings. The van der Waals surface area contributed by atoms with Crippen LogP contribution in [0.5, 0.6) is 5.75 Å². The number of aromatic nitrogens is 3. The molecule has 170 valence electrons. The van der Waals surface area contributed by atoms with E-state index >= 15 is 0 Å². The van der Waals surface area contributed by atoms with Crippen molar-refractivity contribution in [1.29, 1.82) is 0 Å². The third-order valence-electron chi connectivity index (χ3n) is 6.50. The van der Waals surface area contributed by atoms with Crippen molar-refractivity contribution >= 4 is 16.7 Å². The van der Waals surface area contributed by atoms with E-state index in [2.05, 4.69) is 15.0 Å². The number of pyridine rings is 1. The molecule has 3 aromatic rings. The molecular formula is C21H19F5N4O2. The zero-order valence-electron chi connectivity index (χ0n) is 17.2. The molecule has 2 bridgehead atoms. The van der Waals surface area contributed by atoms with Crippen molar-refractivity contribution in [2.45, 2.75) is 24.6 Å². The number of fused-ring (bicyclic) bond motifs is 3. The molecule has 4 heterocycles. The number of halogens is 5. The number of rotatable bonds is 3. The molecule has 0 amide bonds. The number of phenolic OH excluding ortho intramolecular Hbond substituents is 1. The van der Waals surface area contributed by atoms with Crippen LogP contribution < -0.4 is 4.90 Å². The van der Waals surface area contributed by atoms with E-state index in [0.717, 1.165) is 19.4 Å². The van der Waals surface area contributed by atoms with Crippen molar-refractivity contribution in [3.63, 3.8) is 0 Å². The van der Waals surface area contributed by atoms with Gasteiger partial charge in [-0.25, -0.2) is 13.8 Å². The molecular weight excluding hydrogens is 435 g/mol. The average Bonchev–Trinajstić information content (AvgIpc) is 3.06. The first-order valence-electron chi connectivity index (χ1n) is 9.94. The van der Waals surface area contributed by atoms with E-state index in [9.17, 15) is 27.1 Å². The lowest BCUT2D eigenvalue weighted by Crippen LogP contribution is -2.62. The Morgan fingerprint density at radius 2 is 1.91 bits per heavy atom. The minimum absolute atomic E-state index is 0.172. The molecule has 0 spiro atoms. The van der Waals surface area contributed by atoms with E-state index in [1.165, 1.54) is 10.9 Å². The van der Waals surface area contributed by atoms with Crippen molar-refractivity contribution in [1.82, 2.24) is 14.8 Å². The highest BCUT2D eigenvalue weighted by atomic mass is 19.4. The SMILES string of the molecule is COC12CC(CN(c3cc4c(cn3)c(-c3cc(C(F)(F)F)c(F)c(O)c3F)nn4C)C1)C2. The number of benzene rings is 1. The Bertz CT molecular complexity index is 1230. The van der Waals surface area contributed by atoms with Gasteiger partial charge in [0.25, 0.3) is 0 Å². The molecule has 3 fully saturated rings. The van der Waals surface area contributed by atoms with Gasteiger partial charge in [0.15, 0.2) is 17.4 Å². The standard InChI is InChI=1S/C21H19F5N4O2/c1-29-14-4-15(30-8-10-5-20(6-10,9-30)32-2)27-7-12(14)18(28-29)11-3-13(21(24,25)26)17(23)19(31)16(11)22/h3-4,7,10,31H,5-6,8-9H2,1-2H3. The van der Waals surface area contributed by atoms with Crippen LogP contribution in [0.1, 0.15) is 18.4 Å². The maximum Gasteiger partial charge on any atom is 0.419 e. The summed E-state index contributed by atoms with van der Waals surface area (Å²) in [6, 6.07) is 2.05. The van der Waals surface area contributed by atoms with E-state index in [1.54, 1.807) is 20.2 Å². The van der Waals surface area contributed by atoms with E-state index in [-0.39, 0.29) is 16.7 Å². The van der Waals surface area contributed by atoms with Gasteiger partial charge in [-0.1, -0.05) is 0 Å². The molecule has 32 heavy (non-hydrogen) atoms. The summed E-state index contributed by atoms with van der Waals surface area (Å²) < 4.78 is 75.1. The second kappa shape index (κ2) is 6.77. The number of hydrogen-bond donors (Lipinski definition) is 1. The van der Waals surface area contributed by atoms with E-state index in [0.29, 0.717) is 29.9 Å². The first kappa shape index (κ1) is 20.9. The Balaban J connectivity index is 1.60. The van der Waals surface area contributed by atoms with Gasteiger partial charge in [0.05, 0.1) is 16.7 Å². The Morgan fingerprint density at radius 3 is 2.56 bits per heavy atom. The molecule has 0 atom stereocenters. The molecule has 2 aromatic heterocycles. The molecule has 11 heteroatoms. The lowest BCUT2D eigenvalue weighted by molar-refractivity contribution is -0.140. The molecule has 1 saturated carbocycles. The quantitative estimate of drug-likeness (QED) is 0.600. The smallest absolute Gasteiger partial charge is 0.419 e. The minimum atomic E-state index is -5.12. The fourth-order valence-electron chi connectivity index (χ4n) is 4.90. The summed E-state index contributed by atoms with van der Waals surface area (Å²) in [6.07, 6.45) is -1.73. The van der Waals surface area contributed by atoms with Crippen LogP contribution in [0.2, 0.25) is 0 Å². The summed E-state index contributed by atoms with van der Waals surface area (Å²) in [5, 5.41) is 14.1. The topological polar surface area (TPSA) is 63.4 Å². The number of anilines is 1. The molecule has 0 unspecified atom stereocenters. The fraction of sp³-hybridized carbons (Fsp3) is 0.429. The Morgan fingerprint density at radius 1 is 1.19 bits per heavy atom. The Kier molecular flexibility index (Phi) is 4.43. The summed E-state index contributed by atoms with van der Waals surface area (Å²) in [4.78, 5) is 6.51. The van der Waals surface area contributed by atoms with Crippen LogP contribution in [0.4, 0.5) is 27.8 Å². The van der Waals surface area contributed by atoms with Crippen LogP contribution in [0.15, 0.2) is 18.3 Å². The fourth-order valence-corrected chi connectivity index (χ4v) is 4.90. The number of phenols is 1. The maximum atomic E-state index is 14.6. The van der Waals surface area contributed by atoms with Gasteiger partial charge in [0.1, 0.15) is 11.5 Å². The number of alkyl halides is 3. The third kappa shape index (κ3) is 3.01. The van der Waals surface area contributed by atoms with Gasteiger partial charge in [-0.15, -0.1) is 0 Å². The van der Waals surface area contributed by atoms with Crippen molar-refractivity contribution in [2.75, 3.05) is 25.1 Å². The number of ether oxygens (including phenoxy) is 1. The van der Waals surface area contributed by atoms with Crippen molar-refractivity contribution in [3.8, 4) is 17.0 Å². The summed E-state index contributed by atoms with van der Waals surface area (Å²) >= 11 is 0. The van der Waals surface area contributed by atoms with Gasteiger partial charge in [-0.05, 0) is 24.8 Å². The monoisotopic (exact) mass is 454 g/mol. The molecule has 1 aromatic carbocycles. The molecule has 1 N–H and O–H groups in total. The van der Waals surface area contributed by atoms with E-state index in [4.69, 9.17) is 4.74 Å². The van der Waals surface area contributed by atoms with Gasteiger partial charge in [-0.2, -0.15) is 18.3 Å². The minimum Gasteiger partial charge on any atom is -0.503 e. The van der Waals surface area contributed by atoms with Crippen molar-refractivity contribution in [2.24, 2.45) is 13.0 Å². The number of hydrogen-bond acceptors (Lipinski definition) is 5. The normalized spacial score (nSPS) is 23.0. The summed E-state index contributed by atoms with van der Waals surface area (Å²) in [5.74, 6) is -4.12. The third-order valence-corrected chi connectivity index (χ3v) is 6.50. The number of aryl methyl sites for hydroxylation is 1. The van der Waals surface area contributed by atoms with Gasteiger partial charge in [0, 0.05) is 50.5 Å². The Labute approximate surface area is 179 Å². The van der Waals surface area contributed by atoms with Crippen LogP contribution in [0.3, 0.4) is 0 Å². The number of aromatic hydroxyl groups is 1. The van der Waals surface area contributed by atoms with Crippen LogP contribution in [0.25, 0.3) is 22.2 Å². The highest BCUT2D eigenvalue weighted by Gasteiger charge is 2.50. The van der Waals surface area contributed by atoms with Crippen LogP contribution in [0, 0.1) is 17.6 Å². The number of piperidine rings is 2. The molecule has 6 nitrogen and oxygen atoms in total. The highest BCUT2D eigenvalue weighted by Crippen LogP contribution is 2.47. The first-order valence-corrected chi connectivity index (χ1v) is 9.94. The van der Waals surface area contributed by atoms with E-state index < -0.39 is 34.7 Å². The highest BCUT2D eigenvalue weighted by molar-refractivity contribution is 5.94. The lowest BCUT2D eigenvalue weighted by Gasteiger charge is -2.55. The second-order valence-corrected chi connectivity index (χ2v) is 8.52. The predicted molar refractivity (Wildman–Crippen MR) is 105 cm³/mol. The van der Waals surface area contributed by atoms with Crippen LogP contribution in [-0.4, -0.2) is 45.7 Å². The van der Waals surface area contributed by atoms with Gasteiger partial charge < -0.3 is 14.7 Å². The first-order chi connectivity index (χ1) is 15.0. The van der Waals surface area contributed by atoms with Gasteiger partial charge >= 0.3 is 6.18 Å². The summed E-state index contributed by atoms with van der Waals surface area (Å²) in [7, 11) is 3.25. The molecule has 1 aliphatic carbocycles. The van der Waals surface area contributed by atoms with Crippen molar-refractivity contribution in [3.05, 3.63) is 35.5 Å². The zero-order valence-corrected chi connectivity index (χ0v) is 17.2. The van der Waals surface area contributed by atoms with Crippen LogP contribution in [-0.2, 0) is 18.0 Å². The molecule has 2 aliphatic heterocycles. The van der Waals surface area contributed by atoms with Gasteiger partial charge in [-0.3, -0.25) is 4.68 Å².